The van der Waals surface area contributed by atoms with Gasteiger partial charge in [0.1, 0.15) is 6.10 Å². The van der Waals surface area contributed by atoms with Crippen molar-refractivity contribution in [2.75, 3.05) is 6.61 Å². The van der Waals surface area contributed by atoms with Gasteiger partial charge in [-0.25, -0.2) is 0 Å². The smallest absolute Gasteiger partial charge is 0.530 e. The molecule has 13 heavy (non-hydrogen) atoms. The summed E-state index contributed by atoms with van der Waals surface area (Å²) in [6, 6.07) is 0. The van der Waals surface area contributed by atoms with Gasteiger partial charge in [0.05, 0.1) is 6.61 Å². The molecule has 0 bridgehead atoms. The molecule has 0 aromatic heterocycles. The van der Waals surface area contributed by atoms with Crippen molar-refractivity contribution in [2.24, 2.45) is 0 Å². The van der Waals surface area contributed by atoms with Gasteiger partial charge in [-0.3, -0.25) is 0 Å². The van der Waals surface area contributed by atoms with Crippen molar-refractivity contribution in [3.8, 4) is 0 Å². The van der Waals surface area contributed by atoms with Crippen molar-refractivity contribution in [2.45, 2.75) is 24.6 Å². The van der Waals surface area contributed by atoms with E-state index >= 15 is 0 Å². The van der Waals surface area contributed by atoms with Gasteiger partial charge in [-0.05, 0) is 6.92 Å². The van der Waals surface area contributed by atoms with Crippen molar-refractivity contribution >= 4 is 6.96 Å². The fourth-order valence-corrected chi connectivity index (χ4v) is 1.61. The quantitative estimate of drug-likeness (QED) is 0.309. The molecule has 0 radical (unpaired) electrons. The van der Waals surface area contributed by atoms with E-state index in [-0.39, 0.29) is 6.61 Å². The zero-order valence-corrected chi connectivity index (χ0v) is 6.88. The molecule has 76 valence electrons. The first-order valence-electron chi connectivity index (χ1n) is 3.82. The Morgan fingerprint density at radius 1 is 1.38 bits per heavy atom. The van der Waals surface area contributed by atoms with Crippen LogP contribution in [0.15, 0.2) is 0 Å². The summed E-state index contributed by atoms with van der Waals surface area (Å²) >= 11 is 0. The first kappa shape index (κ1) is 9.34. The molecule has 0 saturated carbocycles. The van der Waals surface area contributed by atoms with E-state index in [2.05, 4.69) is 9.31 Å². The molecular weight excluding hydrogens is 183 g/mol. The van der Waals surface area contributed by atoms with Crippen molar-refractivity contribution in [1.29, 1.82) is 0 Å². The first-order chi connectivity index (χ1) is 5.79. The molecule has 0 aromatic carbocycles. The van der Waals surface area contributed by atoms with E-state index in [1.165, 1.54) is 6.92 Å². The third-order valence-corrected chi connectivity index (χ3v) is 2.33. The van der Waals surface area contributed by atoms with Crippen LogP contribution < -0.4 is 0 Å². The Kier molecular flexibility index (Phi) is 1.60. The van der Waals surface area contributed by atoms with Crippen LogP contribution in [0.1, 0.15) is 6.92 Å². The Morgan fingerprint density at radius 2 is 2.00 bits per heavy atom. The lowest BCUT2D eigenvalue weighted by atomic mass is 10.1. The molecule has 7 nitrogen and oxygen atoms in total. The molecule has 2 aliphatic rings. The number of ether oxygens (including phenoxy) is 1. The van der Waals surface area contributed by atoms with Crippen LogP contribution in [0.5, 0.6) is 0 Å². The van der Waals surface area contributed by atoms with E-state index in [9.17, 15) is 10.2 Å². The maximum absolute atomic E-state index is 9.67. The number of fused-ring (bicyclic) bond motifs is 1. The summed E-state index contributed by atoms with van der Waals surface area (Å²) < 4.78 is 13.8. The Bertz CT molecular complexity index is 245. The van der Waals surface area contributed by atoms with Gasteiger partial charge in [0.2, 0.25) is 5.79 Å². The minimum absolute atomic E-state index is 0.195. The van der Waals surface area contributed by atoms with Gasteiger partial charge in [0.15, 0.2) is 5.79 Å². The van der Waals surface area contributed by atoms with E-state index in [1.54, 1.807) is 0 Å². The third kappa shape index (κ3) is 1.05. The Hall–Kier alpha value is -0.215. The summed E-state index contributed by atoms with van der Waals surface area (Å²) in [5.74, 6) is -3.97. The number of hydrogen-bond donors (Lipinski definition) is 4. The van der Waals surface area contributed by atoms with Gasteiger partial charge in [-0.1, -0.05) is 0 Å². The fraction of sp³-hybridized carbons (Fsp3) is 1.00. The van der Waals surface area contributed by atoms with Crippen molar-refractivity contribution in [3.63, 3.8) is 0 Å². The summed E-state index contributed by atoms with van der Waals surface area (Å²) in [4.78, 5) is 0. The van der Waals surface area contributed by atoms with Crippen LogP contribution >= 0.6 is 0 Å². The van der Waals surface area contributed by atoms with Gasteiger partial charge in [0.25, 0.3) is 0 Å². The molecule has 4 N–H and O–H groups in total. The summed E-state index contributed by atoms with van der Waals surface area (Å²) in [6.07, 6.45) is -1.37. The van der Waals surface area contributed by atoms with Gasteiger partial charge in [0, 0.05) is 0 Å². The molecule has 0 spiro atoms. The minimum Gasteiger partial charge on any atom is -0.533 e. The van der Waals surface area contributed by atoms with Crippen molar-refractivity contribution in [1.82, 2.24) is 0 Å². The molecule has 2 saturated heterocycles. The van der Waals surface area contributed by atoms with E-state index in [1.807, 2.05) is 0 Å². The molecule has 2 fully saturated rings. The predicted octanol–water partition coefficient (Wildman–Crippen LogP) is -2.75. The predicted molar refractivity (Wildman–Crippen MR) is 37.7 cm³/mol. The highest BCUT2D eigenvalue weighted by Gasteiger charge is 2.67. The van der Waals surface area contributed by atoms with E-state index < -0.39 is 24.6 Å². The summed E-state index contributed by atoms with van der Waals surface area (Å²) in [5, 5.41) is 36.9. The fourth-order valence-electron chi connectivity index (χ4n) is 1.61. The van der Waals surface area contributed by atoms with Crippen LogP contribution in [0.2, 0.25) is 0 Å². The highest BCUT2D eigenvalue weighted by Crippen LogP contribution is 2.45. The Labute approximate surface area is 73.5 Å². The largest absolute Gasteiger partial charge is 0.533 e. The molecule has 0 aliphatic carbocycles. The van der Waals surface area contributed by atoms with Crippen LogP contribution in [0, 0.1) is 0 Å². The SMILES string of the molecule is C[C@@]12OC[C@H](O)[C@]1(O)O[B-](O)(O)O2. The number of rotatable bonds is 0. The van der Waals surface area contributed by atoms with Crippen LogP contribution in [-0.2, 0) is 14.0 Å². The maximum atomic E-state index is 9.67. The second-order valence-corrected chi connectivity index (χ2v) is 3.34. The molecule has 0 unspecified atom stereocenters. The van der Waals surface area contributed by atoms with Crippen molar-refractivity contribution in [3.05, 3.63) is 0 Å². The molecule has 0 aromatic rings. The van der Waals surface area contributed by atoms with Gasteiger partial charge in [-0.15, -0.1) is 0 Å². The first-order valence-corrected chi connectivity index (χ1v) is 3.82. The monoisotopic (exact) mass is 193 g/mol. The third-order valence-electron chi connectivity index (χ3n) is 2.33. The minimum atomic E-state index is -3.58. The van der Waals surface area contributed by atoms with Crippen LogP contribution in [0.25, 0.3) is 0 Å². The lowest BCUT2D eigenvalue weighted by Gasteiger charge is -2.33. The number of aliphatic hydroxyl groups excluding tert-OH is 1. The molecule has 2 rings (SSSR count). The Balaban J connectivity index is 2.36. The zero-order chi connectivity index (χ0) is 9.91. The zero-order valence-electron chi connectivity index (χ0n) is 6.88. The summed E-state index contributed by atoms with van der Waals surface area (Å²) in [7, 11) is 0. The lowest BCUT2D eigenvalue weighted by molar-refractivity contribution is -0.271. The second-order valence-electron chi connectivity index (χ2n) is 3.34. The van der Waals surface area contributed by atoms with E-state index in [0.29, 0.717) is 0 Å². The van der Waals surface area contributed by atoms with Crippen LogP contribution in [-0.4, -0.2) is 51.5 Å². The van der Waals surface area contributed by atoms with Crippen LogP contribution in [0.3, 0.4) is 0 Å². The van der Waals surface area contributed by atoms with Gasteiger partial charge >= 0.3 is 6.96 Å². The van der Waals surface area contributed by atoms with E-state index in [0.717, 1.165) is 0 Å². The summed E-state index contributed by atoms with van der Waals surface area (Å²) in [6.45, 7) is -2.52. The standard InChI is InChI=1S/C5H10BO7/c1-4-5(8,3(7)2-11-4)13-6(9,10)12-4/h3,7-10H,2H2,1H3/q-1/t3-,4-,5-/m0/s1. The normalized spacial score (nSPS) is 53.8. The molecule has 2 heterocycles. The lowest BCUT2D eigenvalue weighted by Crippen LogP contribution is -2.52. The molecule has 8 heteroatoms. The highest BCUT2D eigenvalue weighted by molar-refractivity contribution is 6.51. The summed E-state index contributed by atoms with van der Waals surface area (Å²) in [5.41, 5.74) is 0. The highest BCUT2D eigenvalue weighted by atomic mass is 16.9. The van der Waals surface area contributed by atoms with E-state index in [4.69, 9.17) is 14.8 Å². The van der Waals surface area contributed by atoms with Crippen LogP contribution in [0.4, 0.5) is 0 Å². The average Bonchev–Trinajstić information content (AvgIpc) is 2.24. The molecule has 0 amide bonds. The number of aliphatic hydroxyl groups is 2. The molecular formula is C5H10BO7-. The maximum Gasteiger partial charge on any atom is 0.530 e. The van der Waals surface area contributed by atoms with Crippen molar-refractivity contribution < 1.29 is 34.3 Å². The number of hydrogen-bond acceptors (Lipinski definition) is 7. The molecule has 2 aliphatic heterocycles. The average molecular weight is 193 g/mol. The molecule has 3 atom stereocenters. The topological polar surface area (TPSA) is 109 Å². The Morgan fingerprint density at radius 3 is 2.54 bits per heavy atom. The second kappa shape index (κ2) is 2.23. The van der Waals surface area contributed by atoms with Gasteiger partial charge in [-0.2, -0.15) is 0 Å². The van der Waals surface area contributed by atoms with Gasteiger partial charge < -0.3 is 34.3 Å².